The first-order chi connectivity index (χ1) is 7.61. The summed E-state index contributed by atoms with van der Waals surface area (Å²) in [6, 6.07) is 5.34. The number of benzene rings is 1. The van der Waals surface area contributed by atoms with E-state index in [1.54, 1.807) is 12.1 Å². The van der Waals surface area contributed by atoms with Gasteiger partial charge in [-0.15, -0.1) is 0 Å². The molecule has 0 atom stereocenters. The average molecular weight is 254 g/mol. The highest BCUT2D eigenvalue weighted by atomic mass is 35.5. The van der Waals surface area contributed by atoms with Gasteiger partial charge in [-0.05, 0) is 6.07 Å². The molecule has 0 aliphatic rings. The fourth-order valence-electron chi connectivity index (χ4n) is 1.47. The molecule has 3 nitrogen and oxygen atoms in total. The zero-order chi connectivity index (χ0) is 11.7. The molecule has 1 aromatic carbocycles. The molecule has 0 unspecified atom stereocenters. The molecule has 82 valence electrons. The standard InChI is InChI=1S/C11H9Cl2N3/c12-7-4-16-5-8(13)10(7)6-2-1-3-9(14)11(6)15/h1-5H,14-15H2. The molecule has 0 radical (unpaired) electrons. The summed E-state index contributed by atoms with van der Waals surface area (Å²) in [6.07, 6.45) is 3.04. The molecular weight excluding hydrogens is 245 g/mol. The highest BCUT2D eigenvalue weighted by Gasteiger charge is 2.12. The van der Waals surface area contributed by atoms with E-state index in [0.29, 0.717) is 27.0 Å². The van der Waals surface area contributed by atoms with Crippen molar-refractivity contribution < 1.29 is 0 Å². The Morgan fingerprint density at radius 1 is 1.00 bits per heavy atom. The van der Waals surface area contributed by atoms with Gasteiger partial charge in [0.2, 0.25) is 0 Å². The molecule has 0 bridgehead atoms. The zero-order valence-corrected chi connectivity index (χ0v) is 9.76. The van der Waals surface area contributed by atoms with E-state index in [2.05, 4.69) is 4.98 Å². The number of hydrogen-bond acceptors (Lipinski definition) is 3. The molecular formula is C11H9Cl2N3. The number of rotatable bonds is 1. The molecule has 0 aliphatic heterocycles. The van der Waals surface area contributed by atoms with Crippen LogP contribution in [-0.2, 0) is 0 Å². The van der Waals surface area contributed by atoms with Crippen molar-refractivity contribution >= 4 is 34.6 Å². The molecule has 0 aliphatic carbocycles. The van der Waals surface area contributed by atoms with Crippen LogP contribution in [0.25, 0.3) is 11.1 Å². The van der Waals surface area contributed by atoms with Crippen LogP contribution in [0.3, 0.4) is 0 Å². The quantitative estimate of drug-likeness (QED) is 0.768. The van der Waals surface area contributed by atoms with Crippen LogP contribution in [0, 0.1) is 0 Å². The maximum Gasteiger partial charge on any atom is 0.0683 e. The lowest BCUT2D eigenvalue weighted by Crippen LogP contribution is -1.97. The lowest BCUT2D eigenvalue weighted by Gasteiger charge is -2.10. The summed E-state index contributed by atoms with van der Waals surface area (Å²) >= 11 is 12.1. The number of anilines is 2. The van der Waals surface area contributed by atoms with Gasteiger partial charge in [0.25, 0.3) is 0 Å². The van der Waals surface area contributed by atoms with Crippen LogP contribution in [0.4, 0.5) is 11.4 Å². The van der Waals surface area contributed by atoms with E-state index < -0.39 is 0 Å². The smallest absolute Gasteiger partial charge is 0.0683 e. The van der Waals surface area contributed by atoms with Crippen LogP contribution in [0.2, 0.25) is 10.0 Å². The van der Waals surface area contributed by atoms with Crippen LogP contribution in [0.15, 0.2) is 30.6 Å². The minimum absolute atomic E-state index is 0.449. The number of halogens is 2. The van der Waals surface area contributed by atoms with E-state index in [1.165, 1.54) is 12.4 Å². The van der Waals surface area contributed by atoms with Crippen molar-refractivity contribution in [1.82, 2.24) is 4.98 Å². The first-order valence-corrected chi connectivity index (χ1v) is 5.30. The predicted octanol–water partition coefficient (Wildman–Crippen LogP) is 3.22. The second-order valence-corrected chi connectivity index (χ2v) is 4.10. The van der Waals surface area contributed by atoms with Crippen LogP contribution in [-0.4, -0.2) is 4.98 Å². The van der Waals surface area contributed by atoms with Crippen LogP contribution >= 0.6 is 23.2 Å². The number of para-hydroxylation sites is 1. The summed E-state index contributed by atoms with van der Waals surface area (Å²) in [6.45, 7) is 0. The van der Waals surface area contributed by atoms with Gasteiger partial charge in [-0.2, -0.15) is 0 Å². The van der Waals surface area contributed by atoms with Gasteiger partial charge >= 0.3 is 0 Å². The maximum atomic E-state index is 6.05. The lowest BCUT2D eigenvalue weighted by molar-refractivity contribution is 1.33. The fraction of sp³-hybridized carbons (Fsp3) is 0. The number of nitrogens with two attached hydrogens (primary N) is 2. The third kappa shape index (κ3) is 1.79. The van der Waals surface area contributed by atoms with Crippen molar-refractivity contribution in [2.24, 2.45) is 0 Å². The van der Waals surface area contributed by atoms with Crippen LogP contribution in [0.5, 0.6) is 0 Å². The zero-order valence-electron chi connectivity index (χ0n) is 8.24. The van der Waals surface area contributed by atoms with Gasteiger partial charge in [0.15, 0.2) is 0 Å². The van der Waals surface area contributed by atoms with Gasteiger partial charge in [-0.25, -0.2) is 0 Å². The molecule has 1 aromatic heterocycles. The Hall–Kier alpha value is -1.45. The maximum absolute atomic E-state index is 6.05. The van der Waals surface area contributed by atoms with Gasteiger partial charge in [0.1, 0.15) is 0 Å². The highest BCUT2D eigenvalue weighted by molar-refractivity contribution is 6.39. The molecule has 16 heavy (non-hydrogen) atoms. The second-order valence-electron chi connectivity index (χ2n) is 3.29. The van der Waals surface area contributed by atoms with Gasteiger partial charge in [-0.1, -0.05) is 35.3 Å². The average Bonchev–Trinajstić information content (AvgIpc) is 2.24. The van der Waals surface area contributed by atoms with Crippen LogP contribution in [0.1, 0.15) is 0 Å². The van der Waals surface area contributed by atoms with Crippen molar-refractivity contribution in [3.8, 4) is 11.1 Å². The van der Waals surface area contributed by atoms with Crippen molar-refractivity contribution in [2.75, 3.05) is 11.5 Å². The van der Waals surface area contributed by atoms with E-state index >= 15 is 0 Å². The second kappa shape index (κ2) is 4.20. The Kier molecular flexibility index (Phi) is 2.90. The minimum Gasteiger partial charge on any atom is -0.397 e. The number of nitrogen functional groups attached to an aromatic ring is 2. The third-order valence-electron chi connectivity index (χ3n) is 2.26. The largest absolute Gasteiger partial charge is 0.397 e. The molecule has 0 amide bonds. The Morgan fingerprint density at radius 2 is 1.62 bits per heavy atom. The summed E-state index contributed by atoms with van der Waals surface area (Å²) in [4.78, 5) is 3.89. The molecule has 0 saturated carbocycles. The van der Waals surface area contributed by atoms with E-state index in [-0.39, 0.29) is 0 Å². The molecule has 0 saturated heterocycles. The van der Waals surface area contributed by atoms with E-state index in [0.717, 1.165) is 5.56 Å². The molecule has 1 heterocycles. The first kappa shape index (κ1) is 11.0. The van der Waals surface area contributed by atoms with E-state index in [1.807, 2.05) is 6.07 Å². The normalized spacial score (nSPS) is 10.4. The molecule has 2 rings (SSSR count). The Balaban J connectivity index is 2.73. The van der Waals surface area contributed by atoms with Gasteiger partial charge < -0.3 is 11.5 Å². The molecule has 0 spiro atoms. The number of hydrogen-bond donors (Lipinski definition) is 2. The minimum atomic E-state index is 0.449. The summed E-state index contributed by atoms with van der Waals surface area (Å²) in [5.74, 6) is 0. The number of aromatic nitrogens is 1. The summed E-state index contributed by atoms with van der Waals surface area (Å²) in [7, 11) is 0. The number of nitrogens with zero attached hydrogens (tertiary/aromatic N) is 1. The van der Waals surface area contributed by atoms with Gasteiger partial charge in [0, 0.05) is 23.5 Å². The summed E-state index contributed by atoms with van der Waals surface area (Å²) < 4.78 is 0. The van der Waals surface area contributed by atoms with E-state index in [4.69, 9.17) is 34.7 Å². The van der Waals surface area contributed by atoms with Crippen LogP contribution < -0.4 is 11.5 Å². The fourth-order valence-corrected chi connectivity index (χ4v) is 2.04. The molecule has 5 heteroatoms. The van der Waals surface area contributed by atoms with Crippen molar-refractivity contribution in [2.45, 2.75) is 0 Å². The van der Waals surface area contributed by atoms with Crippen molar-refractivity contribution in [3.05, 3.63) is 40.6 Å². The SMILES string of the molecule is Nc1cccc(-c2c(Cl)cncc2Cl)c1N. The Labute approximate surface area is 103 Å². The topological polar surface area (TPSA) is 64.9 Å². The van der Waals surface area contributed by atoms with Gasteiger partial charge in [-0.3, -0.25) is 4.98 Å². The predicted molar refractivity (Wildman–Crippen MR) is 68.5 cm³/mol. The third-order valence-corrected chi connectivity index (χ3v) is 2.84. The molecule has 2 aromatic rings. The van der Waals surface area contributed by atoms with E-state index in [9.17, 15) is 0 Å². The monoisotopic (exact) mass is 253 g/mol. The van der Waals surface area contributed by atoms with Crippen molar-refractivity contribution in [3.63, 3.8) is 0 Å². The summed E-state index contributed by atoms with van der Waals surface area (Å²) in [5.41, 5.74) is 14.0. The molecule has 4 N–H and O–H groups in total. The highest BCUT2D eigenvalue weighted by Crippen LogP contribution is 2.38. The number of pyridine rings is 1. The summed E-state index contributed by atoms with van der Waals surface area (Å²) in [5, 5.41) is 0.898. The Morgan fingerprint density at radius 3 is 2.25 bits per heavy atom. The molecule has 0 fully saturated rings. The first-order valence-electron chi connectivity index (χ1n) is 4.54. The van der Waals surface area contributed by atoms with Crippen molar-refractivity contribution in [1.29, 1.82) is 0 Å². The van der Waals surface area contributed by atoms with Gasteiger partial charge in [0.05, 0.1) is 21.4 Å². The lowest BCUT2D eigenvalue weighted by atomic mass is 10.0. The Bertz CT molecular complexity index is 520.